The second kappa shape index (κ2) is 16.3. The van der Waals surface area contributed by atoms with Gasteiger partial charge >= 0.3 is 0 Å². The zero-order valence-corrected chi connectivity index (χ0v) is 35.6. The average Bonchev–Trinajstić information content (AvgIpc) is 3.83. The number of nitrogens with one attached hydrogen (secondary N) is 1. The smallest absolute Gasteiger partial charge is 0.138 e. The third-order valence-electron chi connectivity index (χ3n) is 12.8. The van der Waals surface area contributed by atoms with E-state index in [1.54, 1.807) is 0 Å². The molecule has 0 saturated heterocycles. The van der Waals surface area contributed by atoms with Crippen molar-refractivity contribution in [3.63, 3.8) is 0 Å². The SMILES string of the molecule is c1ccc(-c2cc(-c3ccccc3)cc(-c3c4ccccc4c(-c4cc(-c5ccccc5)cc(-c5ccccc5)c4)c4cc(-c5ccc(-c6nc7ccccc7[nH]6)cc5)ccc34)c2)cc1. The lowest BCUT2D eigenvalue weighted by atomic mass is 9.82. The quantitative estimate of drug-likeness (QED) is 0.152. The Labute approximate surface area is 378 Å². The number of aromatic amines is 1. The van der Waals surface area contributed by atoms with Crippen molar-refractivity contribution in [2.45, 2.75) is 0 Å². The van der Waals surface area contributed by atoms with Crippen molar-refractivity contribution in [1.29, 1.82) is 0 Å². The molecule has 1 heterocycles. The molecule has 0 aliphatic carbocycles. The van der Waals surface area contributed by atoms with Crippen molar-refractivity contribution in [2.24, 2.45) is 0 Å². The molecule has 1 N–H and O–H groups in total. The van der Waals surface area contributed by atoms with Gasteiger partial charge in [-0.15, -0.1) is 0 Å². The van der Waals surface area contributed by atoms with Gasteiger partial charge in [-0.25, -0.2) is 4.98 Å². The molecule has 1 aromatic heterocycles. The lowest BCUT2D eigenvalue weighted by Gasteiger charge is -2.21. The van der Waals surface area contributed by atoms with Gasteiger partial charge in [0.05, 0.1) is 11.0 Å². The van der Waals surface area contributed by atoms with Crippen molar-refractivity contribution in [3.8, 4) is 89.3 Å². The highest BCUT2D eigenvalue weighted by atomic mass is 14.9. The van der Waals surface area contributed by atoms with Crippen LogP contribution in [0.3, 0.4) is 0 Å². The molecule has 0 unspecified atom stereocenters. The molecule has 12 rings (SSSR count). The zero-order chi connectivity index (χ0) is 43.1. The molecule has 2 nitrogen and oxygen atoms in total. The van der Waals surface area contributed by atoms with E-state index < -0.39 is 0 Å². The Morgan fingerprint density at radius 1 is 0.231 bits per heavy atom. The Bertz CT molecular complexity index is 3520. The number of nitrogens with zero attached hydrogens (tertiary/aromatic N) is 1. The summed E-state index contributed by atoms with van der Waals surface area (Å²) in [4.78, 5) is 8.40. The molecule has 0 amide bonds. The molecule has 12 aromatic rings. The van der Waals surface area contributed by atoms with E-state index in [2.05, 4.69) is 236 Å². The first kappa shape index (κ1) is 38.1. The lowest BCUT2D eigenvalue weighted by molar-refractivity contribution is 1.34. The van der Waals surface area contributed by atoms with Crippen LogP contribution in [-0.2, 0) is 0 Å². The Balaban J connectivity index is 1.13. The van der Waals surface area contributed by atoms with Crippen LogP contribution in [0.15, 0.2) is 249 Å². The molecule has 2 heteroatoms. The molecule has 0 radical (unpaired) electrons. The van der Waals surface area contributed by atoms with Gasteiger partial charge in [-0.2, -0.15) is 0 Å². The van der Waals surface area contributed by atoms with Crippen LogP contribution in [0.1, 0.15) is 0 Å². The minimum absolute atomic E-state index is 0.870. The molecular formula is C63H42N2. The normalized spacial score (nSPS) is 11.4. The number of imidazole rings is 1. The molecule has 11 aromatic carbocycles. The first-order valence-electron chi connectivity index (χ1n) is 22.3. The van der Waals surface area contributed by atoms with E-state index >= 15 is 0 Å². The number of benzene rings is 11. The van der Waals surface area contributed by atoms with Gasteiger partial charge in [-0.05, 0) is 154 Å². The first-order valence-corrected chi connectivity index (χ1v) is 22.3. The minimum atomic E-state index is 0.870. The topological polar surface area (TPSA) is 28.7 Å². The fourth-order valence-corrected chi connectivity index (χ4v) is 9.62. The van der Waals surface area contributed by atoms with Gasteiger partial charge in [0.2, 0.25) is 0 Å². The van der Waals surface area contributed by atoms with Gasteiger partial charge in [-0.1, -0.05) is 194 Å². The van der Waals surface area contributed by atoms with Gasteiger partial charge in [0.25, 0.3) is 0 Å². The fraction of sp³-hybridized carbons (Fsp3) is 0. The molecule has 0 aliphatic rings. The van der Waals surface area contributed by atoms with E-state index in [-0.39, 0.29) is 0 Å². The third kappa shape index (κ3) is 7.18. The molecule has 0 aliphatic heterocycles. The Kier molecular flexibility index (Phi) is 9.54. The van der Waals surface area contributed by atoms with E-state index in [0.717, 1.165) is 33.5 Å². The first-order chi connectivity index (χ1) is 32.2. The third-order valence-corrected chi connectivity index (χ3v) is 12.8. The van der Waals surface area contributed by atoms with E-state index in [0.29, 0.717) is 0 Å². The van der Waals surface area contributed by atoms with Gasteiger partial charge in [-0.3, -0.25) is 0 Å². The van der Waals surface area contributed by atoms with Gasteiger partial charge in [0.1, 0.15) is 5.82 Å². The zero-order valence-electron chi connectivity index (χ0n) is 35.6. The molecule has 0 saturated carbocycles. The molecule has 0 bridgehead atoms. The van der Waals surface area contributed by atoms with Gasteiger partial charge in [0, 0.05) is 5.56 Å². The number of rotatable bonds is 8. The predicted octanol–water partition coefficient (Wildman–Crippen LogP) is 17.2. The van der Waals surface area contributed by atoms with Crippen LogP contribution in [0.25, 0.3) is 122 Å². The van der Waals surface area contributed by atoms with E-state index in [1.165, 1.54) is 88.3 Å². The van der Waals surface area contributed by atoms with Gasteiger partial charge < -0.3 is 4.98 Å². The maximum atomic E-state index is 4.89. The standard InChI is InChI=1S/C63H42N2/c1-5-17-42(18-6-1)49-35-50(43-19-7-2-8-20-43)38-53(37-49)61-55-25-13-14-26-56(55)62(54-39-51(44-21-9-3-10-22-44)36-52(40-54)45-23-11-4-12-24-45)58-41-48(33-34-57(58)61)46-29-31-47(32-30-46)63-64-59-27-15-16-28-60(59)65-63/h1-41H,(H,64,65). The number of hydrogen-bond acceptors (Lipinski definition) is 1. The molecule has 0 spiro atoms. The van der Waals surface area contributed by atoms with Crippen LogP contribution >= 0.6 is 0 Å². The number of fused-ring (bicyclic) bond motifs is 3. The monoisotopic (exact) mass is 826 g/mol. The van der Waals surface area contributed by atoms with Crippen LogP contribution < -0.4 is 0 Å². The van der Waals surface area contributed by atoms with Crippen LogP contribution in [0, 0.1) is 0 Å². The number of hydrogen-bond donors (Lipinski definition) is 1. The van der Waals surface area contributed by atoms with Crippen molar-refractivity contribution in [2.75, 3.05) is 0 Å². The summed E-state index contributed by atoms with van der Waals surface area (Å²) in [5, 5.41) is 4.83. The van der Waals surface area contributed by atoms with Crippen molar-refractivity contribution >= 4 is 32.6 Å². The van der Waals surface area contributed by atoms with Crippen LogP contribution in [0.2, 0.25) is 0 Å². The van der Waals surface area contributed by atoms with Crippen molar-refractivity contribution in [1.82, 2.24) is 9.97 Å². The summed E-state index contributed by atoms with van der Waals surface area (Å²) in [7, 11) is 0. The predicted molar refractivity (Wildman–Crippen MR) is 275 cm³/mol. The fourth-order valence-electron chi connectivity index (χ4n) is 9.62. The Hall–Kier alpha value is -8.59. The maximum Gasteiger partial charge on any atom is 0.138 e. The van der Waals surface area contributed by atoms with Crippen LogP contribution in [0.4, 0.5) is 0 Å². The largest absolute Gasteiger partial charge is 0.338 e. The Morgan fingerprint density at radius 3 is 1.06 bits per heavy atom. The highest BCUT2D eigenvalue weighted by Gasteiger charge is 2.20. The number of para-hydroxylation sites is 2. The summed E-state index contributed by atoms with van der Waals surface area (Å²) in [6, 6.07) is 90.4. The average molecular weight is 827 g/mol. The highest BCUT2D eigenvalue weighted by Crippen LogP contribution is 2.47. The number of H-pyrrole nitrogens is 1. The van der Waals surface area contributed by atoms with Crippen molar-refractivity contribution in [3.05, 3.63) is 249 Å². The van der Waals surface area contributed by atoms with E-state index in [9.17, 15) is 0 Å². The number of aromatic nitrogens is 2. The second-order valence-electron chi connectivity index (χ2n) is 16.8. The molecule has 65 heavy (non-hydrogen) atoms. The highest BCUT2D eigenvalue weighted by molar-refractivity contribution is 6.22. The summed E-state index contributed by atoms with van der Waals surface area (Å²) in [5.41, 5.74) is 19.7. The Morgan fingerprint density at radius 2 is 0.585 bits per heavy atom. The van der Waals surface area contributed by atoms with Crippen LogP contribution in [0.5, 0.6) is 0 Å². The second-order valence-corrected chi connectivity index (χ2v) is 16.8. The molecule has 0 atom stereocenters. The summed E-state index contributed by atoms with van der Waals surface area (Å²) in [6.07, 6.45) is 0. The summed E-state index contributed by atoms with van der Waals surface area (Å²) in [6.45, 7) is 0. The maximum absolute atomic E-state index is 4.89. The molecule has 0 fully saturated rings. The molecular weight excluding hydrogens is 785 g/mol. The minimum Gasteiger partial charge on any atom is -0.338 e. The van der Waals surface area contributed by atoms with Crippen molar-refractivity contribution < 1.29 is 0 Å². The summed E-state index contributed by atoms with van der Waals surface area (Å²) in [5.74, 6) is 0.870. The summed E-state index contributed by atoms with van der Waals surface area (Å²) >= 11 is 0. The lowest BCUT2D eigenvalue weighted by Crippen LogP contribution is -1.94. The van der Waals surface area contributed by atoms with Crippen LogP contribution in [-0.4, -0.2) is 9.97 Å². The van der Waals surface area contributed by atoms with E-state index in [1.807, 2.05) is 18.2 Å². The summed E-state index contributed by atoms with van der Waals surface area (Å²) < 4.78 is 0. The molecule has 304 valence electrons. The van der Waals surface area contributed by atoms with Gasteiger partial charge in [0.15, 0.2) is 0 Å². The van der Waals surface area contributed by atoms with E-state index in [4.69, 9.17) is 4.98 Å².